The third kappa shape index (κ3) is 4.03. The van der Waals surface area contributed by atoms with Crippen molar-refractivity contribution in [2.24, 2.45) is 0 Å². The molecule has 0 radical (unpaired) electrons. The first-order valence-corrected chi connectivity index (χ1v) is 6.07. The number of benzene rings is 1. The summed E-state index contributed by atoms with van der Waals surface area (Å²) in [5.41, 5.74) is 0.735. The zero-order valence-electron chi connectivity index (χ0n) is 11.3. The minimum atomic E-state index is -0.548. The summed E-state index contributed by atoms with van der Waals surface area (Å²) in [6.45, 7) is 3.55. The number of nitro groups is 1. The summed E-state index contributed by atoms with van der Waals surface area (Å²) in [4.78, 5) is 22.1. The van der Waals surface area contributed by atoms with Gasteiger partial charge in [0.25, 0.3) is 5.69 Å². The Morgan fingerprint density at radius 2 is 2.21 bits per heavy atom. The van der Waals surface area contributed by atoms with Gasteiger partial charge in [-0.1, -0.05) is 19.1 Å². The van der Waals surface area contributed by atoms with Gasteiger partial charge in [0.05, 0.1) is 11.0 Å². The van der Waals surface area contributed by atoms with Crippen molar-refractivity contribution in [3.63, 3.8) is 0 Å². The van der Waals surface area contributed by atoms with Crippen LogP contribution in [0, 0.1) is 10.1 Å². The van der Waals surface area contributed by atoms with E-state index in [1.165, 1.54) is 19.2 Å². The van der Waals surface area contributed by atoms with Gasteiger partial charge in [0.15, 0.2) is 0 Å². The minimum Gasteiger partial charge on any atom is -0.372 e. The van der Waals surface area contributed by atoms with E-state index in [1.54, 1.807) is 19.1 Å². The Kier molecular flexibility index (Phi) is 5.44. The summed E-state index contributed by atoms with van der Waals surface area (Å²) in [6, 6.07) is 6.02. The van der Waals surface area contributed by atoms with Gasteiger partial charge >= 0.3 is 0 Å². The Bertz CT molecular complexity index is 462. The Morgan fingerprint density at radius 3 is 2.74 bits per heavy atom. The standard InChI is InChI=1S/C13H18N2O4/c1-4-12(14-13(16)9(2)19-3)10-6-5-7-11(8-10)15(17)18/h5-9,12H,4H2,1-3H3,(H,14,16)/t9-,12+/m0/s1. The third-order valence-electron chi connectivity index (χ3n) is 2.93. The van der Waals surface area contributed by atoms with Crippen LogP contribution >= 0.6 is 0 Å². The van der Waals surface area contributed by atoms with E-state index in [0.29, 0.717) is 12.0 Å². The van der Waals surface area contributed by atoms with Crippen LogP contribution in [-0.2, 0) is 9.53 Å². The molecule has 0 bridgehead atoms. The lowest BCUT2D eigenvalue weighted by Gasteiger charge is -2.19. The van der Waals surface area contributed by atoms with Crippen molar-refractivity contribution in [2.75, 3.05) is 7.11 Å². The number of nitrogens with one attached hydrogen (secondary N) is 1. The van der Waals surface area contributed by atoms with Crippen molar-refractivity contribution in [2.45, 2.75) is 32.4 Å². The van der Waals surface area contributed by atoms with Gasteiger partial charge in [0.2, 0.25) is 5.91 Å². The van der Waals surface area contributed by atoms with Crippen LogP contribution in [0.4, 0.5) is 5.69 Å². The highest BCUT2D eigenvalue weighted by molar-refractivity contribution is 5.80. The lowest BCUT2D eigenvalue weighted by Crippen LogP contribution is -2.36. The van der Waals surface area contributed by atoms with Crippen LogP contribution in [0.2, 0.25) is 0 Å². The molecule has 0 aromatic heterocycles. The van der Waals surface area contributed by atoms with Gasteiger partial charge in [0.1, 0.15) is 6.10 Å². The van der Waals surface area contributed by atoms with Gasteiger partial charge in [-0.2, -0.15) is 0 Å². The fraction of sp³-hybridized carbons (Fsp3) is 0.462. The van der Waals surface area contributed by atoms with E-state index in [9.17, 15) is 14.9 Å². The second-order valence-corrected chi connectivity index (χ2v) is 4.20. The van der Waals surface area contributed by atoms with Crippen LogP contribution in [0.25, 0.3) is 0 Å². The number of carbonyl (C=O) groups excluding carboxylic acids is 1. The average molecular weight is 266 g/mol. The topological polar surface area (TPSA) is 81.5 Å². The number of non-ortho nitro benzene ring substituents is 1. The number of carbonyl (C=O) groups is 1. The molecule has 1 rings (SSSR count). The third-order valence-corrected chi connectivity index (χ3v) is 2.93. The number of hydrogen-bond donors (Lipinski definition) is 1. The lowest BCUT2D eigenvalue weighted by molar-refractivity contribution is -0.384. The molecule has 0 fully saturated rings. The van der Waals surface area contributed by atoms with Crippen molar-refractivity contribution in [1.82, 2.24) is 5.32 Å². The summed E-state index contributed by atoms with van der Waals surface area (Å²) in [5, 5.41) is 13.6. The van der Waals surface area contributed by atoms with Crippen LogP contribution in [0.1, 0.15) is 31.9 Å². The fourth-order valence-electron chi connectivity index (χ4n) is 1.67. The van der Waals surface area contributed by atoms with Crippen LogP contribution in [0.15, 0.2) is 24.3 Å². The molecule has 6 heteroatoms. The molecule has 1 amide bonds. The SMILES string of the molecule is CC[C@@H](NC(=O)[C@H](C)OC)c1cccc([N+](=O)[O-])c1. The van der Waals surface area contributed by atoms with E-state index < -0.39 is 11.0 Å². The number of ether oxygens (including phenoxy) is 1. The average Bonchev–Trinajstić information content (AvgIpc) is 2.43. The number of methoxy groups -OCH3 is 1. The Labute approximate surface area is 111 Å². The quantitative estimate of drug-likeness (QED) is 0.632. The molecule has 0 aliphatic heterocycles. The minimum absolute atomic E-state index is 0.0185. The van der Waals surface area contributed by atoms with Crippen molar-refractivity contribution in [1.29, 1.82) is 0 Å². The van der Waals surface area contributed by atoms with Gasteiger partial charge in [-0.15, -0.1) is 0 Å². The number of amides is 1. The molecular weight excluding hydrogens is 248 g/mol. The molecule has 19 heavy (non-hydrogen) atoms. The van der Waals surface area contributed by atoms with E-state index in [4.69, 9.17) is 4.74 Å². The van der Waals surface area contributed by atoms with E-state index in [2.05, 4.69) is 5.32 Å². The predicted molar refractivity (Wildman–Crippen MR) is 70.7 cm³/mol. The highest BCUT2D eigenvalue weighted by atomic mass is 16.6. The highest BCUT2D eigenvalue weighted by Crippen LogP contribution is 2.21. The zero-order valence-corrected chi connectivity index (χ0v) is 11.3. The molecule has 0 saturated heterocycles. The van der Waals surface area contributed by atoms with Crippen LogP contribution in [0.3, 0.4) is 0 Å². The summed E-state index contributed by atoms with van der Waals surface area (Å²) < 4.78 is 4.93. The largest absolute Gasteiger partial charge is 0.372 e. The van der Waals surface area contributed by atoms with Crippen molar-refractivity contribution in [3.8, 4) is 0 Å². The molecule has 0 aliphatic rings. The molecule has 0 unspecified atom stereocenters. The van der Waals surface area contributed by atoms with Gasteiger partial charge < -0.3 is 10.1 Å². The van der Waals surface area contributed by atoms with Crippen molar-refractivity contribution >= 4 is 11.6 Å². The monoisotopic (exact) mass is 266 g/mol. The second-order valence-electron chi connectivity index (χ2n) is 4.20. The maximum Gasteiger partial charge on any atom is 0.269 e. The molecule has 1 aromatic rings. The van der Waals surface area contributed by atoms with Crippen molar-refractivity contribution < 1.29 is 14.5 Å². The van der Waals surface area contributed by atoms with Gasteiger partial charge in [-0.25, -0.2) is 0 Å². The Balaban J connectivity index is 2.88. The van der Waals surface area contributed by atoms with E-state index in [0.717, 1.165) is 0 Å². The van der Waals surface area contributed by atoms with Crippen LogP contribution in [0.5, 0.6) is 0 Å². The summed E-state index contributed by atoms with van der Waals surface area (Å²) >= 11 is 0. The smallest absolute Gasteiger partial charge is 0.269 e. The Morgan fingerprint density at radius 1 is 1.53 bits per heavy atom. The summed E-state index contributed by atoms with van der Waals surface area (Å²) in [7, 11) is 1.46. The summed E-state index contributed by atoms with van der Waals surface area (Å²) in [6.07, 6.45) is 0.0938. The molecule has 2 atom stereocenters. The number of nitrogens with zero attached hydrogens (tertiary/aromatic N) is 1. The number of rotatable bonds is 6. The Hall–Kier alpha value is -1.95. The van der Waals surface area contributed by atoms with E-state index >= 15 is 0 Å². The predicted octanol–water partition coefficient (Wildman–Crippen LogP) is 2.20. The first-order valence-electron chi connectivity index (χ1n) is 6.07. The second kappa shape index (κ2) is 6.84. The molecule has 6 nitrogen and oxygen atoms in total. The maximum absolute atomic E-state index is 11.8. The normalized spacial score (nSPS) is 13.6. The number of hydrogen-bond acceptors (Lipinski definition) is 4. The van der Waals surface area contributed by atoms with Crippen LogP contribution in [-0.4, -0.2) is 24.0 Å². The first kappa shape index (κ1) is 15.1. The molecule has 0 heterocycles. The van der Waals surface area contributed by atoms with E-state index in [1.807, 2.05) is 6.92 Å². The van der Waals surface area contributed by atoms with E-state index in [-0.39, 0.29) is 17.6 Å². The molecule has 104 valence electrons. The molecular formula is C13H18N2O4. The molecule has 1 N–H and O–H groups in total. The lowest BCUT2D eigenvalue weighted by atomic mass is 10.0. The molecule has 0 aliphatic carbocycles. The highest BCUT2D eigenvalue weighted by Gasteiger charge is 2.18. The molecule has 0 spiro atoms. The summed E-state index contributed by atoms with van der Waals surface area (Å²) in [5.74, 6) is -0.235. The fourth-order valence-corrected chi connectivity index (χ4v) is 1.67. The first-order chi connectivity index (χ1) is 8.99. The molecule has 1 aromatic carbocycles. The van der Waals surface area contributed by atoms with Gasteiger partial charge in [-0.05, 0) is 18.9 Å². The van der Waals surface area contributed by atoms with Gasteiger partial charge in [0, 0.05) is 19.2 Å². The van der Waals surface area contributed by atoms with Crippen molar-refractivity contribution in [3.05, 3.63) is 39.9 Å². The zero-order chi connectivity index (χ0) is 14.4. The number of nitro benzene ring substituents is 1. The maximum atomic E-state index is 11.8. The molecule has 0 saturated carbocycles. The van der Waals surface area contributed by atoms with Crippen LogP contribution < -0.4 is 5.32 Å². The van der Waals surface area contributed by atoms with Gasteiger partial charge in [-0.3, -0.25) is 14.9 Å².